The minimum absolute atomic E-state index is 0.00482. The van der Waals surface area contributed by atoms with Gasteiger partial charge in [-0.2, -0.15) is 13.2 Å². The highest BCUT2D eigenvalue weighted by molar-refractivity contribution is 6.42. The molecule has 2 aromatic rings. The summed E-state index contributed by atoms with van der Waals surface area (Å²) in [5, 5.41) is 3.66. The molecule has 2 atom stereocenters. The minimum atomic E-state index is -4.63. The Morgan fingerprint density at radius 1 is 1.05 bits per heavy atom. The molecule has 0 spiro atoms. The second-order valence-electron chi connectivity index (χ2n) is 10.5. The third kappa shape index (κ3) is 5.58. The Labute approximate surface area is 236 Å². The predicted molar refractivity (Wildman–Crippen MR) is 144 cm³/mol. The largest absolute Gasteiger partial charge is 0.417 e. The van der Waals surface area contributed by atoms with Crippen LogP contribution in [0.2, 0.25) is 10.0 Å². The third-order valence-electron chi connectivity index (χ3n) is 8.29. The van der Waals surface area contributed by atoms with E-state index in [9.17, 15) is 22.8 Å². The minimum Gasteiger partial charge on any atom is -0.338 e. The SMILES string of the molecule is CN1C(=O)c2c(cccc2C(F)(F)F)C1C(CCN1CCC(N2CCCNC2=O)CC1)c1ccc(Cl)c(Cl)c1. The third-order valence-corrected chi connectivity index (χ3v) is 9.03. The molecule has 39 heavy (non-hydrogen) atoms. The van der Waals surface area contributed by atoms with Gasteiger partial charge in [0.05, 0.1) is 27.2 Å². The lowest BCUT2D eigenvalue weighted by Crippen LogP contribution is -2.54. The molecule has 3 heterocycles. The molecule has 0 radical (unpaired) electrons. The fraction of sp³-hybridized carbons (Fsp3) is 0.500. The van der Waals surface area contributed by atoms with Gasteiger partial charge in [0.2, 0.25) is 0 Å². The van der Waals surface area contributed by atoms with E-state index in [1.165, 1.54) is 11.0 Å². The second-order valence-corrected chi connectivity index (χ2v) is 11.4. The quantitative estimate of drug-likeness (QED) is 0.441. The maximum atomic E-state index is 13.8. The number of carbonyl (C=O) groups excluding carboxylic acids is 2. The number of hydrogen-bond acceptors (Lipinski definition) is 3. The van der Waals surface area contributed by atoms with Crippen molar-refractivity contribution >= 4 is 35.1 Å². The summed E-state index contributed by atoms with van der Waals surface area (Å²) in [6.45, 7) is 3.82. The number of alkyl halides is 3. The van der Waals surface area contributed by atoms with Crippen LogP contribution in [0.5, 0.6) is 0 Å². The first-order valence-electron chi connectivity index (χ1n) is 13.2. The van der Waals surface area contributed by atoms with E-state index in [4.69, 9.17) is 23.2 Å². The first-order valence-corrected chi connectivity index (χ1v) is 14.0. The van der Waals surface area contributed by atoms with Crippen LogP contribution in [0, 0.1) is 0 Å². The van der Waals surface area contributed by atoms with E-state index < -0.39 is 23.7 Å². The Balaban J connectivity index is 1.38. The zero-order valence-corrected chi connectivity index (χ0v) is 23.1. The number of rotatable bonds is 6. The van der Waals surface area contributed by atoms with Crippen molar-refractivity contribution in [1.29, 1.82) is 0 Å². The van der Waals surface area contributed by atoms with Crippen LogP contribution in [0.25, 0.3) is 0 Å². The van der Waals surface area contributed by atoms with Crippen LogP contribution in [0.1, 0.15) is 64.7 Å². The molecule has 5 rings (SSSR count). The molecule has 3 aliphatic heterocycles. The molecule has 11 heteroatoms. The number of urea groups is 1. The van der Waals surface area contributed by atoms with Crippen LogP contribution in [-0.4, -0.2) is 72.5 Å². The molecule has 3 amide bonds. The molecular weight excluding hydrogens is 552 g/mol. The molecular formula is C28H31Cl2F3N4O2. The number of carbonyl (C=O) groups is 2. The summed E-state index contributed by atoms with van der Waals surface area (Å²) in [7, 11) is 1.56. The van der Waals surface area contributed by atoms with Crippen molar-refractivity contribution < 1.29 is 22.8 Å². The Morgan fingerprint density at radius 3 is 2.46 bits per heavy atom. The van der Waals surface area contributed by atoms with E-state index in [-0.39, 0.29) is 23.6 Å². The first kappa shape index (κ1) is 28.1. The topological polar surface area (TPSA) is 55.9 Å². The van der Waals surface area contributed by atoms with Crippen LogP contribution in [0.4, 0.5) is 18.0 Å². The Morgan fingerprint density at radius 2 is 1.79 bits per heavy atom. The highest BCUT2D eigenvalue weighted by Crippen LogP contribution is 2.48. The predicted octanol–water partition coefficient (Wildman–Crippen LogP) is 6.19. The van der Waals surface area contributed by atoms with Crippen molar-refractivity contribution in [1.82, 2.24) is 20.0 Å². The van der Waals surface area contributed by atoms with Gasteiger partial charge in [-0.1, -0.05) is 41.4 Å². The molecule has 3 aliphatic rings. The lowest BCUT2D eigenvalue weighted by molar-refractivity contribution is -0.137. The zero-order valence-electron chi connectivity index (χ0n) is 21.6. The van der Waals surface area contributed by atoms with E-state index in [1.807, 2.05) is 11.0 Å². The lowest BCUT2D eigenvalue weighted by atomic mass is 9.83. The van der Waals surface area contributed by atoms with Crippen molar-refractivity contribution in [3.63, 3.8) is 0 Å². The van der Waals surface area contributed by atoms with Crippen molar-refractivity contribution in [3.8, 4) is 0 Å². The number of hydrogen-bond donors (Lipinski definition) is 1. The number of fused-ring (bicyclic) bond motifs is 1. The van der Waals surface area contributed by atoms with Crippen molar-refractivity contribution in [2.45, 2.75) is 49.9 Å². The number of benzene rings is 2. The van der Waals surface area contributed by atoms with Gasteiger partial charge in [0.1, 0.15) is 0 Å². The molecule has 0 aliphatic carbocycles. The van der Waals surface area contributed by atoms with Crippen molar-refractivity contribution in [2.75, 3.05) is 39.8 Å². The van der Waals surface area contributed by atoms with Gasteiger partial charge in [0.15, 0.2) is 0 Å². The van der Waals surface area contributed by atoms with E-state index in [1.54, 1.807) is 25.2 Å². The van der Waals surface area contributed by atoms with Gasteiger partial charge in [-0.25, -0.2) is 4.79 Å². The average molecular weight is 583 g/mol. The number of halogens is 5. The Bertz CT molecular complexity index is 1250. The normalized spacial score (nSPS) is 21.7. The second kappa shape index (κ2) is 11.2. The monoisotopic (exact) mass is 582 g/mol. The highest BCUT2D eigenvalue weighted by Gasteiger charge is 2.46. The zero-order chi connectivity index (χ0) is 27.9. The molecule has 6 nitrogen and oxygen atoms in total. The number of likely N-dealkylation sites (tertiary alicyclic amines) is 1. The fourth-order valence-corrected chi connectivity index (χ4v) is 6.62. The van der Waals surface area contributed by atoms with E-state index in [0.717, 1.165) is 57.1 Å². The fourth-order valence-electron chi connectivity index (χ4n) is 6.31. The van der Waals surface area contributed by atoms with Gasteiger partial charge in [-0.05, 0) is 61.6 Å². The van der Waals surface area contributed by atoms with Crippen molar-refractivity contribution in [3.05, 3.63) is 68.7 Å². The number of likely N-dealkylation sites (N-methyl/N-ethyl adjacent to an activating group) is 1. The Hall–Kier alpha value is -2.49. The van der Waals surface area contributed by atoms with Gasteiger partial charge < -0.3 is 20.0 Å². The van der Waals surface area contributed by atoms with Gasteiger partial charge >= 0.3 is 12.2 Å². The molecule has 0 saturated carbocycles. The lowest BCUT2D eigenvalue weighted by Gasteiger charge is -2.40. The summed E-state index contributed by atoms with van der Waals surface area (Å²) in [5.74, 6) is -0.933. The molecule has 2 aromatic carbocycles. The molecule has 2 saturated heterocycles. The summed E-state index contributed by atoms with van der Waals surface area (Å²) in [5.41, 5.74) is 0.0154. The van der Waals surface area contributed by atoms with Crippen LogP contribution in [-0.2, 0) is 6.18 Å². The standard InChI is InChI=1S/C28H31Cl2F3N4O2/c1-35-25(20-4-2-5-21(28(31,32)33)24(20)26(35)38)19(17-6-7-22(29)23(30)16-17)10-15-36-13-8-18(9-14-36)37-12-3-11-34-27(37)39/h2,4-7,16,18-19,25H,3,8-15H2,1H3,(H,34,39). The number of piperidine rings is 1. The maximum Gasteiger partial charge on any atom is 0.417 e. The number of nitrogens with one attached hydrogen (secondary N) is 1. The van der Waals surface area contributed by atoms with E-state index in [2.05, 4.69) is 10.2 Å². The van der Waals surface area contributed by atoms with Crippen LogP contribution >= 0.6 is 23.2 Å². The summed E-state index contributed by atoms with van der Waals surface area (Å²) in [4.78, 5) is 31.1. The van der Waals surface area contributed by atoms with E-state index >= 15 is 0 Å². The first-order chi connectivity index (χ1) is 18.6. The maximum absolute atomic E-state index is 13.8. The summed E-state index contributed by atoms with van der Waals surface area (Å²) in [6.07, 6.45) is -1.35. The molecule has 1 N–H and O–H groups in total. The van der Waals surface area contributed by atoms with Crippen LogP contribution in [0.15, 0.2) is 36.4 Å². The number of amides is 3. The molecule has 0 bridgehead atoms. The van der Waals surface area contributed by atoms with Crippen molar-refractivity contribution in [2.24, 2.45) is 0 Å². The smallest absolute Gasteiger partial charge is 0.338 e. The Kier molecular flexibility index (Phi) is 8.04. The van der Waals surface area contributed by atoms with Crippen LogP contribution in [0.3, 0.4) is 0 Å². The molecule has 2 unspecified atom stereocenters. The van der Waals surface area contributed by atoms with Gasteiger partial charge in [0.25, 0.3) is 5.91 Å². The van der Waals surface area contributed by atoms with Gasteiger partial charge in [0, 0.05) is 45.2 Å². The summed E-state index contributed by atoms with van der Waals surface area (Å²) in [6, 6.07) is 8.86. The van der Waals surface area contributed by atoms with Gasteiger partial charge in [-0.3, -0.25) is 4.79 Å². The summed E-state index contributed by atoms with van der Waals surface area (Å²) >= 11 is 12.5. The molecule has 210 valence electrons. The van der Waals surface area contributed by atoms with E-state index in [0.29, 0.717) is 28.6 Å². The van der Waals surface area contributed by atoms with Crippen LogP contribution < -0.4 is 5.32 Å². The number of nitrogens with zero attached hydrogens (tertiary/aromatic N) is 3. The molecule has 2 fully saturated rings. The van der Waals surface area contributed by atoms with Gasteiger partial charge in [-0.15, -0.1) is 0 Å². The molecule has 0 aromatic heterocycles. The summed E-state index contributed by atoms with van der Waals surface area (Å²) < 4.78 is 41.5. The average Bonchev–Trinajstić information content (AvgIpc) is 3.16. The highest BCUT2D eigenvalue weighted by atomic mass is 35.5.